The average Bonchev–Trinajstić information content (AvgIpc) is 2.73. The molecule has 0 aromatic carbocycles. The van der Waals surface area contributed by atoms with Crippen molar-refractivity contribution in [3.05, 3.63) is 30.1 Å². The molecule has 0 spiro atoms. The summed E-state index contributed by atoms with van der Waals surface area (Å²) < 4.78 is 5.11. The molecule has 0 saturated carbocycles. The number of piperidine rings is 2. The minimum Gasteiger partial charge on any atom is -0.383 e. The minimum atomic E-state index is 0.147. The summed E-state index contributed by atoms with van der Waals surface area (Å²) in [4.78, 5) is 23.9. The van der Waals surface area contributed by atoms with E-state index in [2.05, 4.69) is 20.9 Å². The van der Waals surface area contributed by atoms with Gasteiger partial charge in [0.05, 0.1) is 12.5 Å². The van der Waals surface area contributed by atoms with Crippen LogP contribution in [0.15, 0.2) is 24.5 Å². The van der Waals surface area contributed by atoms with E-state index >= 15 is 0 Å². The van der Waals surface area contributed by atoms with Gasteiger partial charge in [-0.1, -0.05) is 6.07 Å². The van der Waals surface area contributed by atoms with Gasteiger partial charge in [0.1, 0.15) is 0 Å². The van der Waals surface area contributed by atoms with Crippen LogP contribution in [0.4, 0.5) is 0 Å². The minimum absolute atomic E-state index is 0.147. The Morgan fingerprint density at radius 3 is 2.81 bits per heavy atom. The third-order valence-electron chi connectivity index (χ3n) is 6.01. The molecule has 2 fully saturated rings. The zero-order chi connectivity index (χ0) is 19.1. The second kappa shape index (κ2) is 10.2. The van der Waals surface area contributed by atoms with Gasteiger partial charge in [0.2, 0.25) is 5.91 Å². The van der Waals surface area contributed by atoms with E-state index in [0.717, 1.165) is 45.6 Å². The Balaban J connectivity index is 1.46. The lowest BCUT2D eigenvalue weighted by molar-refractivity contribution is -0.137. The highest BCUT2D eigenvalue weighted by Crippen LogP contribution is 2.25. The van der Waals surface area contributed by atoms with Crippen LogP contribution in [-0.2, 0) is 16.1 Å². The number of ether oxygens (including phenoxy) is 1. The Labute approximate surface area is 163 Å². The highest BCUT2D eigenvalue weighted by Gasteiger charge is 2.32. The van der Waals surface area contributed by atoms with Crippen molar-refractivity contribution in [3.63, 3.8) is 0 Å². The number of methoxy groups -OCH3 is 1. The van der Waals surface area contributed by atoms with E-state index in [1.807, 2.05) is 30.4 Å². The molecule has 1 atom stereocenters. The lowest BCUT2D eigenvalue weighted by Crippen LogP contribution is -2.51. The first kappa shape index (κ1) is 20.2. The SMILES string of the molecule is COCCN(C)C(=O)[C@@H]1CCCN(C2CCN(Cc3cccnc3)CC2)C1. The number of nitrogens with zero attached hydrogens (tertiary/aromatic N) is 4. The topological polar surface area (TPSA) is 48.9 Å². The van der Waals surface area contributed by atoms with Crippen LogP contribution < -0.4 is 0 Å². The highest BCUT2D eigenvalue weighted by molar-refractivity contribution is 5.78. The molecule has 1 amide bonds. The van der Waals surface area contributed by atoms with Crippen LogP contribution in [0.5, 0.6) is 0 Å². The fraction of sp³-hybridized carbons (Fsp3) is 0.714. The van der Waals surface area contributed by atoms with Crippen LogP contribution in [0.3, 0.4) is 0 Å². The third kappa shape index (κ3) is 5.74. The van der Waals surface area contributed by atoms with Crippen molar-refractivity contribution in [3.8, 4) is 0 Å². The molecule has 2 aliphatic rings. The van der Waals surface area contributed by atoms with Crippen molar-refractivity contribution < 1.29 is 9.53 Å². The summed E-state index contributed by atoms with van der Waals surface area (Å²) in [7, 11) is 3.58. The van der Waals surface area contributed by atoms with Crippen LogP contribution >= 0.6 is 0 Å². The van der Waals surface area contributed by atoms with Gasteiger partial charge in [0.15, 0.2) is 0 Å². The molecule has 6 nitrogen and oxygen atoms in total. The number of aromatic nitrogens is 1. The molecule has 1 aromatic rings. The summed E-state index contributed by atoms with van der Waals surface area (Å²) in [6.07, 6.45) is 8.34. The molecule has 6 heteroatoms. The molecule has 3 rings (SSSR count). The smallest absolute Gasteiger partial charge is 0.226 e. The number of carbonyl (C=O) groups excluding carboxylic acids is 1. The molecule has 1 aromatic heterocycles. The molecule has 2 saturated heterocycles. The van der Waals surface area contributed by atoms with Crippen molar-refractivity contribution in [1.29, 1.82) is 0 Å². The van der Waals surface area contributed by atoms with Gasteiger partial charge in [-0.15, -0.1) is 0 Å². The largest absolute Gasteiger partial charge is 0.383 e. The van der Waals surface area contributed by atoms with Gasteiger partial charge >= 0.3 is 0 Å². The van der Waals surface area contributed by atoms with E-state index in [9.17, 15) is 4.79 Å². The van der Waals surface area contributed by atoms with Gasteiger partial charge in [-0.25, -0.2) is 0 Å². The maximum absolute atomic E-state index is 12.7. The first-order valence-corrected chi connectivity index (χ1v) is 10.3. The van der Waals surface area contributed by atoms with Crippen molar-refractivity contribution in [2.75, 3.05) is 53.5 Å². The lowest BCUT2D eigenvalue weighted by Gasteiger charge is -2.42. The lowest BCUT2D eigenvalue weighted by atomic mass is 9.93. The van der Waals surface area contributed by atoms with Gasteiger partial charge in [0.25, 0.3) is 0 Å². The Morgan fingerprint density at radius 2 is 2.11 bits per heavy atom. The quantitative estimate of drug-likeness (QED) is 0.729. The van der Waals surface area contributed by atoms with E-state index in [1.54, 1.807) is 7.11 Å². The van der Waals surface area contributed by atoms with E-state index in [4.69, 9.17) is 4.74 Å². The monoisotopic (exact) mass is 374 g/mol. The average molecular weight is 375 g/mol. The second-order valence-electron chi connectivity index (χ2n) is 7.96. The zero-order valence-corrected chi connectivity index (χ0v) is 16.8. The number of carbonyl (C=O) groups is 1. The van der Waals surface area contributed by atoms with Gasteiger partial charge in [-0.05, 0) is 56.9 Å². The van der Waals surface area contributed by atoms with Crippen LogP contribution in [0.25, 0.3) is 0 Å². The summed E-state index contributed by atoms with van der Waals surface area (Å²) in [5.74, 6) is 0.430. The van der Waals surface area contributed by atoms with Gasteiger partial charge < -0.3 is 9.64 Å². The second-order valence-corrected chi connectivity index (χ2v) is 7.96. The molecule has 3 heterocycles. The molecule has 0 aliphatic carbocycles. The molecular weight excluding hydrogens is 340 g/mol. The Kier molecular flexibility index (Phi) is 7.61. The summed E-state index contributed by atoms with van der Waals surface area (Å²) >= 11 is 0. The standard InChI is InChI=1S/C21H34N4O2/c1-23(13-14-27-2)21(26)19-6-4-10-25(17-19)20-7-11-24(12-8-20)16-18-5-3-9-22-15-18/h3,5,9,15,19-20H,4,6-8,10-14,16-17H2,1-2H3/t19-/m1/s1. The number of pyridine rings is 1. The van der Waals surface area contributed by atoms with E-state index < -0.39 is 0 Å². The predicted molar refractivity (Wildman–Crippen MR) is 106 cm³/mol. The van der Waals surface area contributed by atoms with Gasteiger partial charge in [-0.2, -0.15) is 0 Å². The molecular formula is C21H34N4O2. The molecule has 0 N–H and O–H groups in total. The maximum Gasteiger partial charge on any atom is 0.226 e. The first-order valence-electron chi connectivity index (χ1n) is 10.3. The Morgan fingerprint density at radius 1 is 1.30 bits per heavy atom. The van der Waals surface area contributed by atoms with E-state index in [1.165, 1.54) is 18.4 Å². The number of rotatable bonds is 7. The number of amides is 1. The fourth-order valence-electron chi connectivity index (χ4n) is 4.38. The molecule has 150 valence electrons. The summed E-state index contributed by atoms with van der Waals surface area (Å²) in [5, 5.41) is 0. The molecule has 0 unspecified atom stereocenters. The van der Waals surface area contributed by atoms with Crippen molar-refractivity contribution in [2.45, 2.75) is 38.3 Å². The summed E-state index contributed by atoms with van der Waals surface area (Å²) in [6.45, 7) is 6.59. The normalized spacial score (nSPS) is 22.7. The number of hydrogen-bond donors (Lipinski definition) is 0. The van der Waals surface area contributed by atoms with Crippen LogP contribution in [-0.4, -0.2) is 85.1 Å². The Hall–Kier alpha value is -1.50. The van der Waals surface area contributed by atoms with Crippen LogP contribution in [0.2, 0.25) is 0 Å². The Bertz CT molecular complexity index is 575. The van der Waals surface area contributed by atoms with E-state index in [-0.39, 0.29) is 11.8 Å². The number of likely N-dealkylation sites (tertiary alicyclic amines) is 2. The van der Waals surface area contributed by atoms with Crippen molar-refractivity contribution in [2.24, 2.45) is 5.92 Å². The van der Waals surface area contributed by atoms with Crippen LogP contribution in [0, 0.1) is 5.92 Å². The third-order valence-corrected chi connectivity index (χ3v) is 6.01. The van der Waals surface area contributed by atoms with Gasteiger partial charge in [0, 0.05) is 52.2 Å². The highest BCUT2D eigenvalue weighted by atomic mass is 16.5. The molecule has 0 bridgehead atoms. The van der Waals surface area contributed by atoms with Crippen LogP contribution in [0.1, 0.15) is 31.2 Å². The molecule has 0 radical (unpaired) electrons. The summed E-state index contributed by atoms with van der Waals surface area (Å²) in [6, 6.07) is 4.78. The number of hydrogen-bond acceptors (Lipinski definition) is 5. The van der Waals surface area contributed by atoms with Crippen molar-refractivity contribution in [1.82, 2.24) is 19.7 Å². The van der Waals surface area contributed by atoms with Gasteiger partial charge in [-0.3, -0.25) is 19.6 Å². The molecule has 27 heavy (non-hydrogen) atoms. The predicted octanol–water partition coefficient (Wildman–Crippen LogP) is 1.86. The fourth-order valence-corrected chi connectivity index (χ4v) is 4.38. The number of likely N-dealkylation sites (N-methyl/N-ethyl adjacent to an activating group) is 1. The van der Waals surface area contributed by atoms with Crippen molar-refractivity contribution >= 4 is 5.91 Å². The zero-order valence-electron chi connectivity index (χ0n) is 16.8. The molecule has 2 aliphatic heterocycles. The van der Waals surface area contributed by atoms with E-state index in [0.29, 0.717) is 19.2 Å². The maximum atomic E-state index is 12.7. The summed E-state index contributed by atoms with van der Waals surface area (Å²) in [5.41, 5.74) is 1.29. The first-order chi connectivity index (χ1) is 13.2.